The molecule has 1 heterocycles. The molecule has 0 amide bonds. The van der Waals surface area contributed by atoms with E-state index in [1.165, 1.54) is 6.33 Å². The zero-order valence-corrected chi connectivity index (χ0v) is 7.00. The van der Waals surface area contributed by atoms with Crippen LogP contribution in [0.2, 0.25) is 0 Å². The van der Waals surface area contributed by atoms with Gasteiger partial charge >= 0.3 is 0 Å². The lowest BCUT2D eigenvalue weighted by Crippen LogP contribution is -1.87. The molecule has 0 saturated heterocycles. The maximum Gasteiger partial charge on any atom is 0.146 e. The Morgan fingerprint density at radius 1 is 1.45 bits per heavy atom. The van der Waals surface area contributed by atoms with Crippen molar-refractivity contribution in [2.24, 2.45) is 0 Å². The molecule has 58 valence electrons. The van der Waals surface area contributed by atoms with Gasteiger partial charge in [-0.1, -0.05) is 13.8 Å². The van der Waals surface area contributed by atoms with Gasteiger partial charge in [0.05, 0.1) is 0 Å². The Balaban J connectivity index is 0.000000461. The molecule has 0 aliphatic heterocycles. The number of aryl methyl sites for hydroxylation is 1. The molecule has 0 fully saturated rings. The lowest BCUT2D eigenvalue weighted by Gasteiger charge is -1.89. The van der Waals surface area contributed by atoms with Crippen molar-refractivity contribution in [2.45, 2.75) is 20.8 Å². The molecule has 3 heteroatoms. The van der Waals surface area contributed by atoms with E-state index < -0.39 is 0 Å². The number of nitrogens with zero attached hydrogens (tertiary/aromatic N) is 3. The van der Waals surface area contributed by atoms with Crippen molar-refractivity contribution in [2.75, 3.05) is 0 Å². The highest BCUT2D eigenvalue weighted by molar-refractivity contribution is 5.26. The Hall–Kier alpha value is -1.43. The molecule has 0 N–H and O–H groups in total. The minimum absolute atomic E-state index is 0.449. The molecular formula is C8H11N3. The fourth-order valence-corrected chi connectivity index (χ4v) is 0.516. The number of nitriles is 1. The average molecular weight is 149 g/mol. The third kappa shape index (κ3) is 2.76. The van der Waals surface area contributed by atoms with Gasteiger partial charge in [-0.25, -0.2) is 9.97 Å². The van der Waals surface area contributed by atoms with Crippen LogP contribution >= 0.6 is 0 Å². The van der Waals surface area contributed by atoms with Crippen molar-refractivity contribution in [3.05, 3.63) is 23.8 Å². The van der Waals surface area contributed by atoms with E-state index in [4.69, 9.17) is 5.26 Å². The summed E-state index contributed by atoms with van der Waals surface area (Å²) in [5, 5.41) is 8.38. The molecule has 1 aromatic rings. The van der Waals surface area contributed by atoms with Crippen LogP contribution in [0.5, 0.6) is 0 Å². The first-order valence-corrected chi connectivity index (χ1v) is 3.51. The Bertz CT molecular complexity index is 250. The smallest absolute Gasteiger partial charge is 0.146 e. The summed E-state index contributed by atoms with van der Waals surface area (Å²) in [6.45, 7) is 5.80. The Kier molecular flexibility index (Phi) is 4.67. The second kappa shape index (κ2) is 5.36. The van der Waals surface area contributed by atoms with E-state index in [9.17, 15) is 0 Å². The Morgan fingerprint density at radius 2 is 2.09 bits per heavy atom. The van der Waals surface area contributed by atoms with Crippen LogP contribution in [0.3, 0.4) is 0 Å². The topological polar surface area (TPSA) is 49.6 Å². The molecule has 0 spiro atoms. The standard InChI is InChI=1S/C6H5N3.C2H6/c1-5-3-8-4-9-6(5)2-7;1-2/h3-4H,1H3;1-2H3. The lowest BCUT2D eigenvalue weighted by molar-refractivity contribution is 1.10. The van der Waals surface area contributed by atoms with E-state index in [0.29, 0.717) is 5.69 Å². The molecule has 1 aromatic heterocycles. The minimum atomic E-state index is 0.449. The SMILES string of the molecule is CC.Cc1cncnc1C#N. The van der Waals surface area contributed by atoms with E-state index in [2.05, 4.69) is 9.97 Å². The summed E-state index contributed by atoms with van der Waals surface area (Å²) in [5.41, 5.74) is 1.27. The summed E-state index contributed by atoms with van der Waals surface area (Å²) in [5.74, 6) is 0. The van der Waals surface area contributed by atoms with E-state index in [1.807, 2.05) is 19.9 Å². The highest BCUT2D eigenvalue weighted by Crippen LogP contribution is 1.96. The molecular weight excluding hydrogens is 138 g/mol. The van der Waals surface area contributed by atoms with Crippen LogP contribution in [0, 0.1) is 18.3 Å². The second-order valence-electron chi connectivity index (χ2n) is 1.67. The molecule has 11 heavy (non-hydrogen) atoms. The summed E-state index contributed by atoms with van der Waals surface area (Å²) >= 11 is 0. The molecule has 0 aliphatic carbocycles. The number of hydrogen-bond acceptors (Lipinski definition) is 3. The fraction of sp³-hybridized carbons (Fsp3) is 0.375. The van der Waals surface area contributed by atoms with Crippen molar-refractivity contribution in [1.29, 1.82) is 5.26 Å². The molecule has 1 rings (SSSR count). The maximum absolute atomic E-state index is 8.38. The van der Waals surface area contributed by atoms with Gasteiger partial charge in [-0.3, -0.25) is 0 Å². The van der Waals surface area contributed by atoms with Gasteiger partial charge in [-0.15, -0.1) is 0 Å². The summed E-state index contributed by atoms with van der Waals surface area (Å²) in [6.07, 6.45) is 2.98. The highest BCUT2D eigenvalue weighted by Gasteiger charge is 1.93. The average Bonchev–Trinajstić information content (AvgIpc) is 2.09. The summed E-state index contributed by atoms with van der Waals surface area (Å²) in [4.78, 5) is 7.46. The molecule has 0 saturated carbocycles. The van der Waals surface area contributed by atoms with Crippen LogP contribution in [-0.4, -0.2) is 9.97 Å². The van der Waals surface area contributed by atoms with Crippen molar-refractivity contribution in [1.82, 2.24) is 9.97 Å². The van der Waals surface area contributed by atoms with Crippen molar-refractivity contribution in [3.63, 3.8) is 0 Å². The van der Waals surface area contributed by atoms with Gasteiger partial charge in [0.2, 0.25) is 0 Å². The van der Waals surface area contributed by atoms with E-state index in [-0.39, 0.29) is 0 Å². The summed E-state index contributed by atoms with van der Waals surface area (Å²) in [7, 11) is 0. The Labute approximate surface area is 66.7 Å². The van der Waals surface area contributed by atoms with Gasteiger partial charge in [-0.2, -0.15) is 5.26 Å². The van der Waals surface area contributed by atoms with E-state index in [1.54, 1.807) is 13.1 Å². The first-order chi connectivity index (χ1) is 5.34. The van der Waals surface area contributed by atoms with Crippen LogP contribution < -0.4 is 0 Å². The highest BCUT2D eigenvalue weighted by atomic mass is 14.8. The predicted octanol–water partition coefficient (Wildman–Crippen LogP) is 1.68. The van der Waals surface area contributed by atoms with Gasteiger partial charge in [-0.05, 0) is 6.92 Å². The quantitative estimate of drug-likeness (QED) is 0.564. The molecule has 0 atom stereocenters. The molecule has 0 unspecified atom stereocenters. The Morgan fingerprint density at radius 3 is 2.45 bits per heavy atom. The molecule has 0 aliphatic rings. The number of aromatic nitrogens is 2. The van der Waals surface area contributed by atoms with E-state index >= 15 is 0 Å². The molecule has 0 aromatic carbocycles. The minimum Gasteiger partial charge on any atom is -0.244 e. The first kappa shape index (κ1) is 9.57. The molecule has 3 nitrogen and oxygen atoms in total. The molecule has 0 radical (unpaired) electrons. The second-order valence-corrected chi connectivity index (χ2v) is 1.67. The first-order valence-electron chi connectivity index (χ1n) is 3.51. The summed E-state index contributed by atoms with van der Waals surface area (Å²) in [6, 6.07) is 1.94. The maximum atomic E-state index is 8.38. The summed E-state index contributed by atoms with van der Waals surface area (Å²) < 4.78 is 0. The van der Waals surface area contributed by atoms with Crippen molar-refractivity contribution >= 4 is 0 Å². The van der Waals surface area contributed by atoms with Crippen LogP contribution in [-0.2, 0) is 0 Å². The van der Waals surface area contributed by atoms with E-state index in [0.717, 1.165) is 5.56 Å². The van der Waals surface area contributed by atoms with Gasteiger partial charge < -0.3 is 0 Å². The third-order valence-corrected chi connectivity index (χ3v) is 1.00. The third-order valence-electron chi connectivity index (χ3n) is 1.00. The van der Waals surface area contributed by atoms with Crippen LogP contribution in [0.25, 0.3) is 0 Å². The zero-order chi connectivity index (χ0) is 8.69. The van der Waals surface area contributed by atoms with Crippen LogP contribution in [0.1, 0.15) is 25.1 Å². The van der Waals surface area contributed by atoms with Gasteiger partial charge in [0.15, 0.2) is 0 Å². The number of rotatable bonds is 0. The van der Waals surface area contributed by atoms with Crippen molar-refractivity contribution in [3.8, 4) is 6.07 Å². The fourth-order valence-electron chi connectivity index (χ4n) is 0.516. The van der Waals surface area contributed by atoms with Gasteiger partial charge in [0.25, 0.3) is 0 Å². The van der Waals surface area contributed by atoms with Gasteiger partial charge in [0, 0.05) is 11.8 Å². The molecule has 0 bridgehead atoms. The van der Waals surface area contributed by atoms with Crippen molar-refractivity contribution < 1.29 is 0 Å². The largest absolute Gasteiger partial charge is 0.244 e. The zero-order valence-electron chi connectivity index (χ0n) is 7.00. The number of hydrogen-bond donors (Lipinski definition) is 0. The predicted molar refractivity (Wildman–Crippen MR) is 42.8 cm³/mol. The van der Waals surface area contributed by atoms with Crippen LogP contribution in [0.15, 0.2) is 12.5 Å². The lowest BCUT2D eigenvalue weighted by atomic mass is 10.3. The van der Waals surface area contributed by atoms with Gasteiger partial charge in [0.1, 0.15) is 18.1 Å². The van der Waals surface area contributed by atoms with Crippen LogP contribution in [0.4, 0.5) is 0 Å². The normalized spacial score (nSPS) is 7.45. The monoisotopic (exact) mass is 149 g/mol.